The van der Waals surface area contributed by atoms with Gasteiger partial charge in [-0.3, -0.25) is 9.89 Å². The van der Waals surface area contributed by atoms with E-state index < -0.39 is 0 Å². The molecule has 3 rings (SSSR count). The van der Waals surface area contributed by atoms with E-state index in [9.17, 15) is 0 Å². The van der Waals surface area contributed by atoms with Gasteiger partial charge in [0.25, 0.3) is 0 Å². The average Bonchev–Trinajstić information content (AvgIpc) is 3.52. The molecule has 6 heteroatoms. The number of aliphatic imine (C=N–C) groups is 1. The van der Waals surface area contributed by atoms with Gasteiger partial charge in [-0.15, -0.1) is 24.0 Å². The summed E-state index contributed by atoms with van der Waals surface area (Å²) in [6, 6.07) is 8.67. The highest BCUT2D eigenvalue weighted by molar-refractivity contribution is 14.0. The van der Waals surface area contributed by atoms with Gasteiger partial charge >= 0.3 is 0 Å². The second-order valence-electron chi connectivity index (χ2n) is 7.40. The van der Waals surface area contributed by atoms with Crippen LogP contribution < -0.4 is 15.4 Å². The van der Waals surface area contributed by atoms with Crippen molar-refractivity contribution in [2.75, 3.05) is 39.8 Å². The zero-order chi connectivity index (χ0) is 18.2. The molecule has 1 unspecified atom stereocenters. The number of methoxy groups -OCH3 is 1. The first kappa shape index (κ1) is 22.3. The molecule has 0 aromatic heterocycles. The minimum absolute atomic E-state index is 0. The Hall–Kier alpha value is -1.02. The number of benzene rings is 1. The third-order valence-corrected chi connectivity index (χ3v) is 5.35. The summed E-state index contributed by atoms with van der Waals surface area (Å²) >= 11 is 0. The van der Waals surface area contributed by atoms with Crippen LogP contribution in [0.2, 0.25) is 0 Å². The molecule has 152 valence electrons. The third kappa shape index (κ3) is 6.82. The van der Waals surface area contributed by atoms with Gasteiger partial charge in [-0.25, -0.2) is 0 Å². The third-order valence-electron chi connectivity index (χ3n) is 5.35. The molecule has 0 spiro atoms. The Balaban J connectivity index is 0.00000261. The Labute approximate surface area is 181 Å². The molecule has 1 saturated carbocycles. The standard InChI is InChI=1S/C21H34N4O.HI/c1-3-22-21(23-15-17-11-12-17)24-16-19(25-13-7-4-8-14-25)18-9-5-6-10-20(18)26-2;/h5-6,9-10,17,19H,3-4,7-8,11-16H2,1-2H3,(H2,22,23,24);1H. The van der Waals surface area contributed by atoms with Crippen molar-refractivity contribution in [3.8, 4) is 5.75 Å². The van der Waals surface area contributed by atoms with Gasteiger partial charge in [-0.2, -0.15) is 0 Å². The van der Waals surface area contributed by atoms with Crippen molar-refractivity contribution in [2.24, 2.45) is 10.9 Å². The van der Waals surface area contributed by atoms with E-state index in [1.54, 1.807) is 7.11 Å². The summed E-state index contributed by atoms with van der Waals surface area (Å²) in [6.07, 6.45) is 6.59. The van der Waals surface area contributed by atoms with Gasteiger partial charge < -0.3 is 15.4 Å². The number of hydrogen-bond acceptors (Lipinski definition) is 3. The molecule has 2 aliphatic rings. The fraction of sp³-hybridized carbons (Fsp3) is 0.667. The van der Waals surface area contributed by atoms with Crippen LogP contribution in [0.4, 0.5) is 0 Å². The molecule has 1 aromatic carbocycles. The highest BCUT2D eigenvalue weighted by atomic mass is 127. The van der Waals surface area contributed by atoms with Crippen LogP contribution in [0.1, 0.15) is 50.6 Å². The van der Waals surface area contributed by atoms with Crippen LogP contribution in [0, 0.1) is 5.92 Å². The first-order valence-electron chi connectivity index (χ1n) is 10.2. The van der Waals surface area contributed by atoms with E-state index >= 15 is 0 Å². The molecule has 1 heterocycles. The summed E-state index contributed by atoms with van der Waals surface area (Å²) in [5.41, 5.74) is 1.25. The van der Waals surface area contributed by atoms with E-state index in [0.717, 1.165) is 50.4 Å². The molecule has 0 amide bonds. The summed E-state index contributed by atoms with van der Waals surface area (Å²) < 4.78 is 5.65. The minimum Gasteiger partial charge on any atom is -0.496 e. The van der Waals surface area contributed by atoms with Crippen molar-refractivity contribution in [2.45, 2.75) is 45.1 Å². The average molecular weight is 486 g/mol. The molecule has 2 N–H and O–H groups in total. The molecule has 1 saturated heterocycles. The Morgan fingerprint density at radius 3 is 2.59 bits per heavy atom. The molecule has 27 heavy (non-hydrogen) atoms. The number of rotatable bonds is 8. The monoisotopic (exact) mass is 486 g/mol. The summed E-state index contributed by atoms with van der Waals surface area (Å²) in [5, 5.41) is 6.90. The minimum atomic E-state index is 0. The zero-order valence-corrected chi connectivity index (χ0v) is 19.1. The molecule has 5 nitrogen and oxygen atoms in total. The molecule has 0 radical (unpaired) electrons. The predicted molar refractivity (Wildman–Crippen MR) is 123 cm³/mol. The van der Waals surface area contributed by atoms with E-state index in [1.807, 2.05) is 6.07 Å². The van der Waals surface area contributed by atoms with Crippen molar-refractivity contribution in [1.29, 1.82) is 0 Å². The molecule has 2 fully saturated rings. The van der Waals surface area contributed by atoms with E-state index in [2.05, 4.69) is 40.7 Å². The number of hydrogen-bond donors (Lipinski definition) is 2. The maximum Gasteiger partial charge on any atom is 0.191 e. The number of likely N-dealkylation sites (tertiary alicyclic amines) is 1. The Kier molecular flexibility index (Phi) is 9.68. The lowest BCUT2D eigenvalue weighted by atomic mass is 10.0. The molecule has 1 atom stereocenters. The van der Waals surface area contributed by atoms with E-state index in [4.69, 9.17) is 9.73 Å². The topological polar surface area (TPSA) is 48.9 Å². The first-order chi connectivity index (χ1) is 12.8. The number of guanidine groups is 1. The Bertz CT molecular complexity index is 585. The van der Waals surface area contributed by atoms with Gasteiger partial charge in [-0.1, -0.05) is 24.6 Å². The summed E-state index contributed by atoms with van der Waals surface area (Å²) in [4.78, 5) is 7.52. The Morgan fingerprint density at radius 2 is 1.93 bits per heavy atom. The second-order valence-corrected chi connectivity index (χ2v) is 7.40. The Morgan fingerprint density at radius 1 is 1.19 bits per heavy atom. The zero-order valence-electron chi connectivity index (χ0n) is 16.7. The highest BCUT2D eigenvalue weighted by Crippen LogP contribution is 2.31. The highest BCUT2D eigenvalue weighted by Gasteiger charge is 2.25. The van der Waals surface area contributed by atoms with Gasteiger partial charge in [0.15, 0.2) is 5.96 Å². The van der Waals surface area contributed by atoms with Crippen LogP contribution in [0.15, 0.2) is 29.3 Å². The number of halogens is 1. The van der Waals surface area contributed by atoms with Crippen LogP contribution in [0.3, 0.4) is 0 Å². The number of para-hydroxylation sites is 1. The van der Waals surface area contributed by atoms with Crippen molar-refractivity contribution in [3.05, 3.63) is 29.8 Å². The molecular weight excluding hydrogens is 451 g/mol. The summed E-state index contributed by atoms with van der Waals surface area (Å²) in [5.74, 6) is 2.75. The van der Waals surface area contributed by atoms with Crippen molar-refractivity contribution >= 4 is 29.9 Å². The number of nitrogens with one attached hydrogen (secondary N) is 2. The van der Waals surface area contributed by atoms with Gasteiger partial charge in [0.1, 0.15) is 5.75 Å². The van der Waals surface area contributed by atoms with Crippen LogP contribution in [-0.2, 0) is 0 Å². The van der Waals surface area contributed by atoms with Crippen LogP contribution >= 0.6 is 24.0 Å². The molecule has 1 aromatic rings. The van der Waals surface area contributed by atoms with Crippen LogP contribution in [-0.4, -0.2) is 50.7 Å². The van der Waals surface area contributed by atoms with Crippen LogP contribution in [0.25, 0.3) is 0 Å². The quantitative estimate of drug-likeness (QED) is 0.334. The lowest BCUT2D eigenvalue weighted by Gasteiger charge is -2.34. The maximum absolute atomic E-state index is 5.65. The van der Waals surface area contributed by atoms with Gasteiger partial charge in [0, 0.05) is 18.7 Å². The predicted octanol–water partition coefficient (Wildman–Crippen LogP) is 3.81. The maximum atomic E-state index is 5.65. The summed E-state index contributed by atoms with van der Waals surface area (Å²) in [7, 11) is 1.76. The van der Waals surface area contributed by atoms with E-state index in [0.29, 0.717) is 0 Å². The molecule has 1 aliphatic heterocycles. The van der Waals surface area contributed by atoms with Crippen molar-refractivity contribution < 1.29 is 4.74 Å². The van der Waals surface area contributed by atoms with Gasteiger partial charge in [0.2, 0.25) is 0 Å². The van der Waals surface area contributed by atoms with E-state index in [-0.39, 0.29) is 30.0 Å². The van der Waals surface area contributed by atoms with E-state index in [1.165, 1.54) is 37.7 Å². The largest absolute Gasteiger partial charge is 0.496 e. The lowest BCUT2D eigenvalue weighted by Crippen LogP contribution is -2.40. The first-order valence-corrected chi connectivity index (χ1v) is 10.2. The molecular formula is C21H35IN4O. The summed E-state index contributed by atoms with van der Waals surface area (Å²) in [6.45, 7) is 7.08. The van der Waals surface area contributed by atoms with Gasteiger partial charge in [0.05, 0.1) is 19.7 Å². The fourth-order valence-electron chi connectivity index (χ4n) is 3.66. The molecule has 0 bridgehead atoms. The number of piperidine rings is 1. The van der Waals surface area contributed by atoms with Crippen molar-refractivity contribution in [1.82, 2.24) is 15.5 Å². The van der Waals surface area contributed by atoms with Crippen molar-refractivity contribution in [3.63, 3.8) is 0 Å². The second kappa shape index (κ2) is 11.7. The normalized spacial score (nSPS) is 19.1. The smallest absolute Gasteiger partial charge is 0.191 e. The molecule has 1 aliphatic carbocycles. The number of ether oxygens (including phenoxy) is 1. The number of nitrogens with zero attached hydrogens (tertiary/aromatic N) is 2. The van der Waals surface area contributed by atoms with Crippen LogP contribution in [0.5, 0.6) is 5.75 Å². The lowest BCUT2D eigenvalue weighted by molar-refractivity contribution is 0.165. The fourth-order valence-corrected chi connectivity index (χ4v) is 3.66. The van der Waals surface area contributed by atoms with Gasteiger partial charge in [-0.05, 0) is 57.7 Å². The SMILES string of the molecule is CCNC(=NCC(c1ccccc1OC)N1CCCCC1)NCC1CC1.I.